The van der Waals surface area contributed by atoms with Crippen molar-refractivity contribution in [3.8, 4) is 0 Å². The Labute approximate surface area is 124 Å². The SMILES string of the molecule is CCCC(NC1CCC(=O)NC1)c1cccc([N+](=O)[O-])c1. The van der Waals surface area contributed by atoms with Gasteiger partial charge in [-0.05, 0) is 18.4 Å². The van der Waals surface area contributed by atoms with E-state index in [0.29, 0.717) is 13.0 Å². The Morgan fingerprint density at radius 2 is 2.33 bits per heavy atom. The molecule has 114 valence electrons. The van der Waals surface area contributed by atoms with Crippen molar-refractivity contribution in [3.05, 3.63) is 39.9 Å². The number of non-ortho nitro benzene ring substituents is 1. The quantitative estimate of drug-likeness (QED) is 0.622. The number of carbonyl (C=O) groups excluding carboxylic acids is 1. The first-order chi connectivity index (χ1) is 10.1. The monoisotopic (exact) mass is 291 g/mol. The van der Waals surface area contributed by atoms with Crippen LogP contribution >= 0.6 is 0 Å². The Hall–Kier alpha value is -1.95. The summed E-state index contributed by atoms with van der Waals surface area (Å²) in [6.45, 7) is 2.71. The Bertz CT molecular complexity index is 509. The normalized spacial score (nSPS) is 19.9. The molecule has 2 N–H and O–H groups in total. The van der Waals surface area contributed by atoms with Crippen molar-refractivity contribution in [3.63, 3.8) is 0 Å². The molecule has 2 rings (SSSR count). The van der Waals surface area contributed by atoms with E-state index in [0.717, 1.165) is 24.8 Å². The maximum Gasteiger partial charge on any atom is 0.269 e. The van der Waals surface area contributed by atoms with E-state index in [1.165, 1.54) is 6.07 Å². The summed E-state index contributed by atoms with van der Waals surface area (Å²) in [6, 6.07) is 7.08. The van der Waals surface area contributed by atoms with E-state index in [1.807, 2.05) is 6.07 Å². The fraction of sp³-hybridized carbons (Fsp3) is 0.533. The highest BCUT2D eigenvalue weighted by Gasteiger charge is 2.22. The molecule has 0 bridgehead atoms. The van der Waals surface area contributed by atoms with Gasteiger partial charge in [0.25, 0.3) is 5.69 Å². The van der Waals surface area contributed by atoms with E-state index < -0.39 is 0 Å². The molecular weight excluding hydrogens is 270 g/mol. The smallest absolute Gasteiger partial charge is 0.269 e. The number of nitrogens with zero attached hydrogens (tertiary/aromatic N) is 1. The molecule has 1 aliphatic heterocycles. The van der Waals surface area contributed by atoms with E-state index in [9.17, 15) is 14.9 Å². The number of nitro benzene ring substituents is 1. The van der Waals surface area contributed by atoms with Gasteiger partial charge in [-0.3, -0.25) is 14.9 Å². The van der Waals surface area contributed by atoms with Crippen LogP contribution in [0.1, 0.15) is 44.2 Å². The number of rotatable bonds is 6. The summed E-state index contributed by atoms with van der Waals surface area (Å²) in [4.78, 5) is 21.7. The number of hydrogen-bond acceptors (Lipinski definition) is 4. The molecule has 1 heterocycles. The van der Waals surface area contributed by atoms with Gasteiger partial charge in [-0.25, -0.2) is 0 Å². The largest absolute Gasteiger partial charge is 0.355 e. The lowest BCUT2D eigenvalue weighted by atomic mass is 9.98. The van der Waals surface area contributed by atoms with E-state index in [1.54, 1.807) is 12.1 Å². The van der Waals surface area contributed by atoms with Gasteiger partial charge in [-0.1, -0.05) is 25.5 Å². The number of piperidine rings is 1. The highest BCUT2D eigenvalue weighted by atomic mass is 16.6. The van der Waals surface area contributed by atoms with E-state index in [-0.39, 0.29) is 28.6 Å². The first kappa shape index (κ1) is 15.4. The molecule has 0 saturated carbocycles. The Morgan fingerprint density at radius 1 is 1.52 bits per heavy atom. The summed E-state index contributed by atoms with van der Waals surface area (Å²) in [5.74, 6) is 0.0930. The van der Waals surface area contributed by atoms with Crippen LogP contribution in [0.25, 0.3) is 0 Å². The third kappa shape index (κ3) is 4.26. The van der Waals surface area contributed by atoms with Gasteiger partial charge in [0.2, 0.25) is 5.91 Å². The molecule has 6 heteroatoms. The second kappa shape index (κ2) is 7.17. The molecule has 1 fully saturated rings. The summed E-state index contributed by atoms with van der Waals surface area (Å²) in [5.41, 5.74) is 1.05. The molecule has 0 aromatic heterocycles. The van der Waals surface area contributed by atoms with Gasteiger partial charge in [-0.2, -0.15) is 0 Å². The fourth-order valence-corrected chi connectivity index (χ4v) is 2.65. The minimum Gasteiger partial charge on any atom is -0.355 e. The van der Waals surface area contributed by atoms with Gasteiger partial charge in [0.05, 0.1) is 4.92 Å². The van der Waals surface area contributed by atoms with Gasteiger partial charge in [0.1, 0.15) is 0 Å². The maximum absolute atomic E-state index is 11.2. The number of carbonyl (C=O) groups is 1. The molecule has 1 aliphatic rings. The van der Waals surface area contributed by atoms with Crippen molar-refractivity contribution in [2.45, 2.75) is 44.7 Å². The predicted octanol–water partition coefficient (Wildman–Crippen LogP) is 2.30. The molecular formula is C15H21N3O3. The van der Waals surface area contributed by atoms with Crippen molar-refractivity contribution < 1.29 is 9.72 Å². The van der Waals surface area contributed by atoms with E-state index in [4.69, 9.17) is 0 Å². The fourth-order valence-electron chi connectivity index (χ4n) is 2.65. The molecule has 1 saturated heterocycles. The van der Waals surface area contributed by atoms with Crippen molar-refractivity contribution in [1.82, 2.24) is 10.6 Å². The first-order valence-electron chi connectivity index (χ1n) is 7.37. The van der Waals surface area contributed by atoms with Crippen LogP contribution in [0.3, 0.4) is 0 Å². The number of amides is 1. The van der Waals surface area contributed by atoms with Gasteiger partial charge >= 0.3 is 0 Å². The summed E-state index contributed by atoms with van der Waals surface area (Å²) in [7, 11) is 0. The summed E-state index contributed by atoms with van der Waals surface area (Å²) < 4.78 is 0. The summed E-state index contributed by atoms with van der Waals surface area (Å²) >= 11 is 0. The molecule has 0 radical (unpaired) electrons. The molecule has 6 nitrogen and oxygen atoms in total. The zero-order valence-corrected chi connectivity index (χ0v) is 12.2. The third-order valence-electron chi connectivity index (χ3n) is 3.76. The minimum absolute atomic E-state index is 0.0786. The number of benzene rings is 1. The summed E-state index contributed by atoms with van der Waals surface area (Å²) in [5, 5.41) is 17.3. The van der Waals surface area contributed by atoms with Gasteiger partial charge in [-0.15, -0.1) is 0 Å². The van der Waals surface area contributed by atoms with Crippen molar-refractivity contribution in [2.24, 2.45) is 0 Å². The molecule has 2 unspecified atom stereocenters. The Morgan fingerprint density at radius 3 is 2.95 bits per heavy atom. The second-order valence-electron chi connectivity index (χ2n) is 5.40. The van der Waals surface area contributed by atoms with Crippen LogP contribution in [0.15, 0.2) is 24.3 Å². The van der Waals surface area contributed by atoms with Crippen molar-refractivity contribution in [1.29, 1.82) is 0 Å². The molecule has 1 aromatic rings. The standard InChI is InChI=1S/C15H21N3O3/c1-2-4-14(17-12-7-8-15(19)16-10-12)11-5-3-6-13(9-11)18(20)21/h3,5-6,9,12,14,17H,2,4,7-8,10H2,1H3,(H,16,19). The topological polar surface area (TPSA) is 84.3 Å². The highest BCUT2D eigenvalue weighted by molar-refractivity contribution is 5.76. The lowest BCUT2D eigenvalue weighted by Crippen LogP contribution is -2.46. The molecule has 1 aromatic carbocycles. The highest BCUT2D eigenvalue weighted by Crippen LogP contribution is 2.24. The molecule has 2 atom stereocenters. The predicted molar refractivity (Wildman–Crippen MR) is 79.9 cm³/mol. The Balaban J connectivity index is 2.09. The zero-order chi connectivity index (χ0) is 15.2. The van der Waals surface area contributed by atoms with Crippen LogP contribution in [-0.4, -0.2) is 23.4 Å². The van der Waals surface area contributed by atoms with Crippen LogP contribution in [0, 0.1) is 10.1 Å². The Kier molecular flexibility index (Phi) is 5.27. The summed E-state index contributed by atoms with van der Waals surface area (Å²) in [6.07, 6.45) is 3.23. The minimum atomic E-state index is -0.368. The van der Waals surface area contributed by atoms with Gasteiger partial charge in [0, 0.05) is 37.2 Å². The van der Waals surface area contributed by atoms with Gasteiger partial charge in [0.15, 0.2) is 0 Å². The molecule has 1 amide bonds. The lowest BCUT2D eigenvalue weighted by molar-refractivity contribution is -0.384. The van der Waals surface area contributed by atoms with E-state index >= 15 is 0 Å². The van der Waals surface area contributed by atoms with E-state index in [2.05, 4.69) is 17.6 Å². The number of hydrogen-bond donors (Lipinski definition) is 2. The van der Waals surface area contributed by atoms with Crippen LogP contribution in [-0.2, 0) is 4.79 Å². The average Bonchev–Trinajstić information content (AvgIpc) is 2.49. The van der Waals surface area contributed by atoms with Crippen molar-refractivity contribution in [2.75, 3.05) is 6.54 Å². The average molecular weight is 291 g/mol. The zero-order valence-electron chi connectivity index (χ0n) is 12.2. The second-order valence-corrected chi connectivity index (χ2v) is 5.40. The molecule has 0 spiro atoms. The van der Waals surface area contributed by atoms with Crippen LogP contribution < -0.4 is 10.6 Å². The number of nitrogens with one attached hydrogen (secondary N) is 2. The molecule has 0 aliphatic carbocycles. The number of nitro groups is 1. The lowest BCUT2D eigenvalue weighted by Gasteiger charge is -2.29. The van der Waals surface area contributed by atoms with Crippen LogP contribution in [0.5, 0.6) is 0 Å². The third-order valence-corrected chi connectivity index (χ3v) is 3.76. The first-order valence-corrected chi connectivity index (χ1v) is 7.37. The molecule has 21 heavy (non-hydrogen) atoms. The van der Waals surface area contributed by atoms with Crippen LogP contribution in [0.2, 0.25) is 0 Å². The van der Waals surface area contributed by atoms with Crippen molar-refractivity contribution >= 4 is 11.6 Å². The van der Waals surface area contributed by atoms with Gasteiger partial charge < -0.3 is 10.6 Å². The maximum atomic E-state index is 11.2. The van der Waals surface area contributed by atoms with Crippen LogP contribution in [0.4, 0.5) is 5.69 Å².